The van der Waals surface area contributed by atoms with Gasteiger partial charge in [-0.3, -0.25) is 4.99 Å². The third kappa shape index (κ3) is 4.02. The number of hydrogen-bond acceptors (Lipinski definition) is 4. The largest absolute Gasteiger partial charge is 0.534 e. The van der Waals surface area contributed by atoms with Gasteiger partial charge in [-0.1, -0.05) is 37.2 Å². The number of hydrogen-bond donors (Lipinski definition) is 0. The van der Waals surface area contributed by atoms with E-state index in [1.54, 1.807) is 32.1 Å². The molecule has 1 aliphatic rings. The zero-order chi connectivity index (χ0) is 19.7. The summed E-state index contributed by atoms with van der Waals surface area (Å²) in [6.45, 7) is 7.17. The summed E-state index contributed by atoms with van der Waals surface area (Å²) in [6.07, 6.45) is 4.23. The fourth-order valence-electron chi connectivity index (χ4n) is 2.41. The molecule has 1 unspecified atom stereocenters. The summed E-state index contributed by atoms with van der Waals surface area (Å²) in [5.41, 5.74) is -4.22. The second-order valence-electron chi connectivity index (χ2n) is 5.46. The normalized spacial score (nSPS) is 20.1. The standard InChI is InChI=1S/C17H15ClF3NO3S/c1-4-7-22-16-10(2)14-6-5-13(18)8-12(14)9-15(11(16)3)25-26(23,24)17(19,20)21/h4-10H,3H2,1-2H3/b7-4-,22-16?. The van der Waals surface area contributed by atoms with Crippen molar-refractivity contribution in [2.45, 2.75) is 25.3 Å². The van der Waals surface area contributed by atoms with E-state index in [9.17, 15) is 21.6 Å². The number of allylic oxidation sites excluding steroid dienone is 2. The molecule has 9 heteroatoms. The van der Waals surface area contributed by atoms with E-state index in [1.807, 2.05) is 0 Å². The van der Waals surface area contributed by atoms with Crippen LogP contribution in [0.4, 0.5) is 13.2 Å². The highest BCUT2D eigenvalue weighted by atomic mass is 35.5. The number of fused-ring (bicyclic) bond motifs is 1. The van der Waals surface area contributed by atoms with Crippen LogP contribution in [0.15, 0.2) is 53.4 Å². The lowest BCUT2D eigenvalue weighted by Crippen LogP contribution is -2.26. The minimum Gasteiger partial charge on any atom is -0.375 e. The lowest BCUT2D eigenvalue weighted by molar-refractivity contribution is -0.0519. The first-order valence-electron chi connectivity index (χ1n) is 7.38. The van der Waals surface area contributed by atoms with Crippen molar-refractivity contribution in [3.8, 4) is 0 Å². The summed E-state index contributed by atoms with van der Waals surface area (Å²) in [7, 11) is -5.86. The number of rotatable bonds is 3. The van der Waals surface area contributed by atoms with Gasteiger partial charge in [-0.15, -0.1) is 0 Å². The van der Waals surface area contributed by atoms with Crippen molar-refractivity contribution < 1.29 is 25.8 Å². The van der Waals surface area contributed by atoms with Gasteiger partial charge in [0.25, 0.3) is 0 Å². The van der Waals surface area contributed by atoms with Crippen LogP contribution < -0.4 is 0 Å². The Hall–Kier alpha value is -2.06. The molecule has 0 amide bonds. The Labute approximate surface area is 154 Å². The van der Waals surface area contributed by atoms with Crippen molar-refractivity contribution in [3.05, 3.63) is 64.5 Å². The van der Waals surface area contributed by atoms with Gasteiger partial charge in [0.2, 0.25) is 0 Å². The molecule has 140 valence electrons. The molecule has 0 aliphatic heterocycles. The number of halogens is 4. The lowest BCUT2D eigenvalue weighted by atomic mass is 9.91. The minimum absolute atomic E-state index is 0.0595. The van der Waals surface area contributed by atoms with E-state index in [0.29, 0.717) is 16.1 Å². The van der Waals surface area contributed by atoms with Gasteiger partial charge in [0.05, 0.1) is 5.71 Å². The fraction of sp³-hybridized carbons (Fsp3) is 0.235. The Kier molecular flexibility index (Phi) is 5.67. The molecule has 0 spiro atoms. The SMILES string of the molecule is C=C1C(OS(=O)(=O)C(F)(F)F)=Cc2cc(Cl)ccc2C(C)C1=N/C=C\C. The zero-order valence-electron chi connectivity index (χ0n) is 13.8. The van der Waals surface area contributed by atoms with E-state index in [2.05, 4.69) is 15.8 Å². The maximum absolute atomic E-state index is 12.7. The second kappa shape index (κ2) is 7.28. The molecule has 0 aromatic heterocycles. The summed E-state index contributed by atoms with van der Waals surface area (Å²) in [4.78, 5) is 4.19. The van der Waals surface area contributed by atoms with Crippen molar-refractivity contribution in [1.29, 1.82) is 0 Å². The van der Waals surface area contributed by atoms with Gasteiger partial charge < -0.3 is 4.18 Å². The van der Waals surface area contributed by atoms with E-state index >= 15 is 0 Å². The van der Waals surface area contributed by atoms with E-state index in [4.69, 9.17) is 11.6 Å². The quantitative estimate of drug-likeness (QED) is 0.513. The van der Waals surface area contributed by atoms with Gasteiger partial charge in [-0.25, -0.2) is 0 Å². The molecule has 1 aromatic carbocycles. The third-order valence-corrected chi connectivity index (χ3v) is 4.87. The smallest absolute Gasteiger partial charge is 0.375 e. The summed E-state index contributed by atoms with van der Waals surface area (Å²) in [5, 5.41) is 0.338. The molecule has 0 radical (unpaired) electrons. The van der Waals surface area contributed by atoms with E-state index in [-0.39, 0.29) is 17.2 Å². The summed E-state index contributed by atoms with van der Waals surface area (Å²) in [5.74, 6) is -0.935. The molecule has 1 aromatic rings. The molecule has 0 N–H and O–H groups in total. The van der Waals surface area contributed by atoms with Crippen LogP contribution in [-0.2, 0) is 14.3 Å². The molecule has 0 fully saturated rings. The maximum Gasteiger partial charge on any atom is 0.534 e. The van der Waals surface area contributed by atoms with Gasteiger partial charge in [-0.2, -0.15) is 21.6 Å². The van der Waals surface area contributed by atoms with Crippen molar-refractivity contribution >= 4 is 33.5 Å². The highest BCUT2D eigenvalue weighted by Gasteiger charge is 2.49. The van der Waals surface area contributed by atoms with Crippen molar-refractivity contribution in [1.82, 2.24) is 0 Å². The van der Waals surface area contributed by atoms with Crippen LogP contribution in [0.2, 0.25) is 5.02 Å². The minimum atomic E-state index is -5.86. The average Bonchev–Trinajstić information content (AvgIpc) is 2.60. The van der Waals surface area contributed by atoms with Crippen LogP contribution in [0.5, 0.6) is 0 Å². The highest BCUT2D eigenvalue weighted by Crippen LogP contribution is 2.37. The number of alkyl halides is 3. The number of aliphatic imine (C=N–C) groups is 1. The number of nitrogens with zero attached hydrogens (tertiary/aromatic N) is 1. The first-order valence-corrected chi connectivity index (χ1v) is 9.17. The van der Waals surface area contributed by atoms with Gasteiger partial charge in [0.1, 0.15) is 0 Å². The van der Waals surface area contributed by atoms with Crippen molar-refractivity contribution in [3.63, 3.8) is 0 Å². The van der Waals surface area contributed by atoms with Crippen LogP contribution >= 0.6 is 11.6 Å². The van der Waals surface area contributed by atoms with Crippen LogP contribution in [-0.4, -0.2) is 19.6 Å². The molecule has 1 aliphatic carbocycles. The predicted molar refractivity (Wildman–Crippen MR) is 95.3 cm³/mol. The molecular formula is C17H15ClF3NO3S. The van der Waals surface area contributed by atoms with Gasteiger partial charge in [0, 0.05) is 22.7 Å². The Bertz CT molecular complexity index is 931. The molecule has 2 rings (SSSR count). The summed E-state index contributed by atoms with van der Waals surface area (Å²) < 4.78 is 65.4. The zero-order valence-corrected chi connectivity index (χ0v) is 15.4. The van der Waals surface area contributed by atoms with E-state index in [1.165, 1.54) is 18.3 Å². The maximum atomic E-state index is 12.7. The van der Waals surface area contributed by atoms with Gasteiger partial charge >= 0.3 is 15.6 Å². The average molecular weight is 406 g/mol. The Morgan fingerprint density at radius 3 is 2.58 bits per heavy atom. The highest BCUT2D eigenvalue weighted by molar-refractivity contribution is 7.87. The topological polar surface area (TPSA) is 55.7 Å². The van der Waals surface area contributed by atoms with Crippen LogP contribution in [0.25, 0.3) is 6.08 Å². The monoisotopic (exact) mass is 405 g/mol. The van der Waals surface area contributed by atoms with Crippen LogP contribution in [0.3, 0.4) is 0 Å². The number of benzene rings is 1. The first kappa shape index (κ1) is 20.3. The molecular weight excluding hydrogens is 391 g/mol. The Morgan fingerprint density at radius 1 is 1.35 bits per heavy atom. The van der Waals surface area contributed by atoms with E-state index < -0.39 is 21.4 Å². The fourth-order valence-corrected chi connectivity index (χ4v) is 3.07. The second-order valence-corrected chi connectivity index (χ2v) is 7.44. The predicted octanol–water partition coefficient (Wildman–Crippen LogP) is 5.20. The van der Waals surface area contributed by atoms with Gasteiger partial charge in [-0.05, 0) is 36.3 Å². The lowest BCUT2D eigenvalue weighted by Gasteiger charge is -2.17. The molecule has 26 heavy (non-hydrogen) atoms. The third-order valence-electron chi connectivity index (χ3n) is 3.66. The van der Waals surface area contributed by atoms with E-state index in [0.717, 1.165) is 0 Å². The summed E-state index contributed by atoms with van der Waals surface area (Å²) >= 11 is 5.96. The first-order chi connectivity index (χ1) is 12.0. The molecule has 1 atom stereocenters. The molecule has 0 heterocycles. The molecule has 4 nitrogen and oxygen atoms in total. The summed E-state index contributed by atoms with van der Waals surface area (Å²) in [6, 6.07) is 4.82. The Morgan fingerprint density at radius 2 is 2.00 bits per heavy atom. The molecule has 0 saturated carbocycles. The molecule has 0 saturated heterocycles. The van der Waals surface area contributed by atoms with Crippen LogP contribution in [0.1, 0.15) is 30.9 Å². The van der Waals surface area contributed by atoms with Crippen molar-refractivity contribution in [2.24, 2.45) is 4.99 Å². The molecule has 0 bridgehead atoms. The van der Waals surface area contributed by atoms with Gasteiger partial charge in [0.15, 0.2) is 5.76 Å². The van der Waals surface area contributed by atoms with Crippen LogP contribution in [0, 0.1) is 0 Å². The Balaban J connectivity index is 2.68. The van der Waals surface area contributed by atoms with Crippen molar-refractivity contribution in [2.75, 3.05) is 0 Å².